The van der Waals surface area contributed by atoms with Gasteiger partial charge in [0.2, 0.25) is 0 Å². The van der Waals surface area contributed by atoms with Crippen LogP contribution in [0.15, 0.2) is 42.5 Å². The van der Waals surface area contributed by atoms with E-state index >= 15 is 0 Å². The van der Waals surface area contributed by atoms with Crippen molar-refractivity contribution in [2.45, 2.75) is 58.2 Å². The van der Waals surface area contributed by atoms with E-state index < -0.39 is 11.4 Å². The van der Waals surface area contributed by atoms with Crippen molar-refractivity contribution in [3.05, 3.63) is 48.0 Å². The summed E-state index contributed by atoms with van der Waals surface area (Å²) in [5, 5.41) is 0. The largest absolute Gasteiger partial charge is 0.374 e. The number of ketones is 1. The first-order valence-corrected chi connectivity index (χ1v) is 8.46. The SMILES string of the molecule is CC1(C)O[C@@H](COCc2ccccc2)[C@@]2(C=CC(=O)CC2(C)C)O1. The summed E-state index contributed by atoms with van der Waals surface area (Å²) in [5.41, 5.74) is 0.118. The van der Waals surface area contributed by atoms with Crippen molar-refractivity contribution >= 4 is 5.78 Å². The minimum absolute atomic E-state index is 0.128. The molecule has 0 bridgehead atoms. The van der Waals surface area contributed by atoms with E-state index in [1.807, 2.05) is 50.3 Å². The Labute approximate surface area is 143 Å². The fourth-order valence-corrected chi connectivity index (χ4v) is 3.73. The molecule has 1 aromatic carbocycles. The van der Waals surface area contributed by atoms with Crippen molar-refractivity contribution in [1.82, 2.24) is 0 Å². The van der Waals surface area contributed by atoms with Gasteiger partial charge >= 0.3 is 0 Å². The molecule has 2 atom stereocenters. The molecule has 1 fully saturated rings. The molecule has 4 heteroatoms. The third-order valence-corrected chi connectivity index (χ3v) is 4.89. The monoisotopic (exact) mass is 330 g/mol. The summed E-state index contributed by atoms with van der Waals surface area (Å²) >= 11 is 0. The molecule has 1 heterocycles. The average molecular weight is 330 g/mol. The molecule has 2 aliphatic rings. The Kier molecular flexibility index (Phi) is 4.41. The van der Waals surface area contributed by atoms with Crippen molar-refractivity contribution in [3.63, 3.8) is 0 Å². The number of carbonyl (C=O) groups excluding carboxylic acids is 1. The Morgan fingerprint density at radius 1 is 1.17 bits per heavy atom. The van der Waals surface area contributed by atoms with Gasteiger partial charge in [0, 0.05) is 11.8 Å². The van der Waals surface area contributed by atoms with Gasteiger partial charge in [-0.05, 0) is 31.6 Å². The van der Waals surface area contributed by atoms with Crippen LogP contribution in [0, 0.1) is 5.41 Å². The first-order chi connectivity index (χ1) is 11.2. The van der Waals surface area contributed by atoms with Crippen LogP contribution < -0.4 is 0 Å². The van der Waals surface area contributed by atoms with Crippen LogP contribution in [0.3, 0.4) is 0 Å². The van der Waals surface area contributed by atoms with Crippen LogP contribution >= 0.6 is 0 Å². The number of hydrogen-bond acceptors (Lipinski definition) is 4. The maximum Gasteiger partial charge on any atom is 0.164 e. The van der Waals surface area contributed by atoms with Gasteiger partial charge in [-0.15, -0.1) is 0 Å². The van der Waals surface area contributed by atoms with Crippen molar-refractivity contribution in [2.75, 3.05) is 6.61 Å². The van der Waals surface area contributed by atoms with E-state index in [0.717, 1.165) is 5.56 Å². The molecular formula is C20H26O4. The number of allylic oxidation sites excluding steroid dienone is 1. The number of rotatable bonds is 4. The van der Waals surface area contributed by atoms with E-state index in [4.69, 9.17) is 14.2 Å². The van der Waals surface area contributed by atoms with Gasteiger partial charge < -0.3 is 14.2 Å². The zero-order chi connectivity index (χ0) is 17.4. The smallest absolute Gasteiger partial charge is 0.164 e. The molecule has 0 amide bonds. The van der Waals surface area contributed by atoms with E-state index in [0.29, 0.717) is 19.6 Å². The molecule has 130 valence electrons. The molecule has 3 rings (SSSR count). The molecular weight excluding hydrogens is 304 g/mol. The normalized spacial score (nSPS) is 30.8. The highest BCUT2D eigenvalue weighted by molar-refractivity contribution is 5.91. The summed E-state index contributed by atoms with van der Waals surface area (Å²) < 4.78 is 18.4. The van der Waals surface area contributed by atoms with Crippen LogP contribution in [0.4, 0.5) is 0 Å². The molecule has 0 saturated carbocycles. The van der Waals surface area contributed by atoms with Crippen LogP contribution in [-0.4, -0.2) is 29.9 Å². The lowest BCUT2D eigenvalue weighted by Crippen LogP contribution is -2.55. The van der Waals surface area contributed by atoms with Gasteiger partial charge in [-0.3, -0.25) is 4.79 Å². The molecule has 1 aromatic rings. The minimum atomic E-state index is -0.706. The quantitative estimate of drug-likeness (QED) is 0.845. The fourth-order valence-electron chi connectivity index (χ4n) is 3.73. The van der Waals surface area contributed by atoms with E-state index in [2.05, 4.69) is 13.8 Å². The molecule has 0 N–H and O–H groups in total. The Morgan fingerprint density at radius 3 is 2.54 bits per heavy atom. The zero-order valence-corrected chi connectivity index (χ0v) is 14.9. The minimum Gasteiger partial charge on any atom is -0.374 e. The van der Waals surface area contributed by atoms with Gasteiger partial charge in [-0.1, -0.05) is 44.2 Å². The van der Waals surface area contributed by atoms with Gasteiger partial charge in [-0.25, -0.2) is 0 Å². The van der Waals surface area contributed by atoms with Gasteiger partial charge in [-0.2, -0.15) is 0 Å². The lowest BCUT2D eigenvalue weighted by molar-refractivity contribution is -0.176. The molecule has 0 unspecified atom stereocenters. The Hall–Kier alpha value is -1.49. The highest BCUT2D eigenvalue weighted by atomic mass is 16.8. The van der Waals surface area contributed by atoms with Crippen LogP contribution in [0.2, 0.25) is 0 Å². The number of ether oxygens (including phenoxy) is 3. The average Bonchev–Trinajstić information content (AvgIpc) is 2.76. The molecule has 0 aromatic heterocycles. The topological polar surface area (TPSA) is 44.8 Å². The summed E-state index contributed by atoms with van der Waals surface area (Å²) in [5.74, 6) is -0.578. The lowest BCUT2D eigenvalue weighted by Gasteiger charge is -2.45. The number of carbonyl (C=O) groups is 1. The lowest BCUT2D eigenvalue weighted by atomic mass is 9.66. The third kappa shape index (κ3) is 3.18. The van der Waals surface area contributed by atoms with E-state index in [1.54, 1.807) is 6.08 Å². The maximum absolute atomic E-state index is 11.9. The highest BCUT2D eigenvalue weighted by Crippen LogP contribution is 2.51. The molecule has 1 saturated heterocycles. The van der Waals surface area contributed by atoms with Crippen molar-refractivity contribution in [1.29, 1.82) is 0 Å². The molecule has 4 nitrogen and oxygen atoms in total. The second-order valence-corrected chi connectivity index (χ2v) is 7.76. The predicted molar refractivity (Wildman–Crippen MR) is 91.4 cm³/mol. The summed E-state index contributed by atoms with van der Waals surface area (Å²) in [7, 11) is 0. The van der Waals surface area contributed by atoms with Crippen LogP contribution in [0.1, 0.15) is 39.7 Å². The van der Waals surface area contributed by atoms with E-state index in [1.165, 1.54) is 0 Å². The van der Waals surface area contributed by atoms with Crippen molar-refractivity contribution < 1.29 is 19.0 Å². The van der Waals surface area contributed by atoms with Gasteiger partial charge in [0.15, 0.2) is 11.6 Å². The second kappa shape index (κ2) is 6.10. The molecule has 24 heavy (non-hydrogen) atoms. The second-order valence-electron chi connectivity index (χ2n) is 7.76. The van der Waals surface area contributed by atoms with Gasteiger partial charge in [0.25, 0.3) is 0 Å². The highest BCUT2D eigenvalue weighted by Gasteiger charge is 2.61. The maximum atomic E-state index is 11.9. The predicted octanol–water partition coefficient (Wildman–Crippen LogP) is 3.65. The van der Waals surface area contributed by atoms with E-state index in [9.17, 15) is 4.79 Å². The number of benzene rings is 1. The third-order valence-electron chi connectivity index (χ3n) is 4.89. The summed E-state index contributed by atoms with van der Waals surface area (Å²) in [6, 6.07) is 10.1. The summed E-state index contributed by atoms with van der Waals surface area (Å²) in [4.78, 5) is 11.9. The molecule has 1 spiro atoms. The number of hydrogen-bond donors (Lipinski definition) is 0. The van der Waals surface area contributed by atoms with Crippen molar-refractivity contribution in [2.24, 2.45) is 5.41 Å². The Bertz CT molecular complexity index is 632. The molecule has 0 radical (unpaired) electrons. The molecule has 1 aliphatic heterocycles. The van der Waals surface area contributed by atoms with Gasteiger partial charge in [0.1, 0.15) is 11.7 Å². The van der Waals surface area contributed by atoms with Crippen LogP contribution in [0.25, 0.3) is 0 Å². The first kappa shape index (κ1) is 17.3. The van der Waals surface area contributed by atoms with Crippen molar-refractivity contribution in [3.8, 4) is 0 Å². The van der Waals surface area contributed by atoms with Crippen LogP contribution in [-0.2, 0) is 25.6 Å². The van der Waals surface area contributed by atoms with E-state index in [-0.39, 0.29) is 17.3 Å². The zero-order valence-electron chi connectivity index (χ0n) is 14.9. The van der Waals surface area contributed by atoms with Crippen LogP contribution in [0.5, 0.6) is 0 Å². The Morgan fingerprint density at radius 2 is 1.88 bits per heavy atom. The fraction of sp³-hybridized carbons (Fsp3) is 0.550. The summed E-state index contributed by atoms with van der Waals surface area (Å²) in [6.45, 7) is 8.88. The molecule has 1 aliphatic carbocycles. The standard InChI is InChI=1S/C20H26O4/c1-18(2)12-16(21)10-11-20(18)17(23-19(3,4)24-20)14-22-13-15-8-6-5-7-9-15/h5-11,17H,12-14H2,1-4H3/t17-,20+/m0/s1. The van der Waals surface area contributed by atoms with Gasteiger partial charge in [0.05, 0.1) is 13.2 Å². The Balaban J connectivity index is 1.77. The first-order valence-electron chi connectivity index (χ1n) is 8.46. The summed E-state index contributed by atoms with van der Waals surface area (Å²) in [6.07, 6.45) is 3.69.